The van der Waals surface area contributed by atoms with Gasteiger partial charge < -0.3 is 5.32 Å². The van der Waals surface area contributed by atoms with Crippen LogP contribution in [0.1, 0.15) is 36.8 Å². The number of anilines is 1. The van der Waals surface area contributed by atoms with E-state index in [0.717, 1.165) is 5.69 Å². The van der Waals surface area contributed by atoms with E-state index in [9.17, 15) is 4.79 Å². The number of halogens is 2. The van der Waals surface area contributed by atoms with Crippen molar-refractivity contribution >= 4 is 34.9 Å². The second-order valence-corrected chi connectivity index (χ2v) is 7.71. The summed E-state index contributed by atoms with van der Waals surface area (Å²) in [6, 6.07) is 10.4. The molecular formula is C19H18Cl2N4O. The Labute approximate surface area is 162 Å². The highest BCUT2D eigenvalue weighted by atomic mass is 35.5. The van der Waals surface area contributed by atoms with Crippen molar-refractivity contribution in [1.29, 1.82) is 0 Å². The number of hydrogen-bond acceptors (Lipinski definition) is 3. The van der Waals surface area contributed by atoms with E-state index in [1.807, 2.05) is 6.07 Å². The van der Waals surface area contributed by atoms with Crippen LogP contribution in [0.4, 0.5) is 5.82 Å². The predicted octanol–water partition coefficient (Wildman–Crippen LogP) is 5.12. The fourth-order valence-corrected chi connectivity index (χ4v) is 2.85. The van der Waals surface area contributed by atoms with E-state index in [2.05, 4.69) is 36.2 Å². The quantitative estimate of drug-likeness (QED) is 0.676. The third-order valence-electron chi connectivity index (χ3n) is 3.78. The highest BCUT2D eigenvalue weighted by Gasteiger charge is 2.22. The average Bonchev–Trinajstić information content (AvgIpc) is 2.99. The molecule has 1 aromatic carbocycles. The molecule has 3 rings (SSSR count). The van der Waals surface area contributed by atoms with Crippen molar-refractivity contribution in [2.24, 2.45) is 0 Å². The van der Waals surface area contributed by atoms with E-state index in [1.54, 1.807) is 41.2 Å². The molecular weight excluding hydrogens is 371 g/mol. The fourth-order valence-electron chi connectivity index (χ4n) is 2.36. The topological polar surface area (TPSA) is 59.8 Å². The van der Waals surface area contributed by atoms with Crippen LogP contribution in [0, 0.1) is 0 Å². The number of nitrogens with zero attached hydrogens (tertiary/aromatic N) is 3. The molecule has 0 atom stereocenters. The smallest absolute Gasteiger partial charge is 0.258 e. The second-order valence-electron chi connectivity index (χ2n) is 6.87. The maximum atomic E-state index is 12.5. The van der Waals surface area contributed by atoms with Crippen LogP contribution in [-0.4, -0.2) is 20.7 Å². The maximum absolute atomic E-state index is 12.5. The lowest BCUT2D eigenvalue weighted by Gasteiger charge is -2.14. The summed E-state index contributed by atoms with van der Waals surface area (Å²) in [6.07, 6.45) is 3.13. The zero-order valence-corrected chi connectivity index (χ0v) is 16.1. The van der Waals surface area contributed by atoms with Crippen LogP contribution in [0.3, 0.4) is 0 Å². The molecule has 1 N–H and O–H groups in total. The number of amides is 1. The first kappa shape index (κ1) is 18.4. The van der Waals surface area contributed by atoms with E-state index in [0.29, 0.717) is 27.1 Å². The number of benzene rings is 1. The van der Waals surface area contributed by atoms with Gasteiger partial charge >= 0.3 is 0 Å². The molecule has 0 saturated carbocycles. The van der Waals surface area contributed by atoms with Gasteiger partial charge in [0.15, 0.2) is 0 Å². The molecule has 0 radical (unpaired) electrons. The van der Waals surface area contributed by atoms with Crippen molar-refractivity contribution in [3.8, 4) is 5.69 Å². The lowest BCUT2D eigenvalue weighted by Crippen LogP contribution is -2.15. The lowest BCUT2D eigenvalue weighted by atomic mass is 9.92. The molecule has 0 unspecified atom stereocenters. The lowest BCUT2D eigenvalue weighted by molar-refractivity contribution is 0.102. The van der Waals surface area contributed by atoms with Gasteiger partial charge in [-0.3, -0.25) is 9.78 Å². The fraction of sp³-hybridized carbons (Fsp3) is 0.211. The van der Waals surface area contributed by atoms with Gasteiger partial charge in [-0.15, -0.1) is 0 Å². The molecule has 3 aromatic rings. The predicted molar refractivity (Wildman–Crippen MR) is 104 cm³/mol. The molecule has 1 amide bonds. The van der Waals surface area contributed by atoms with Gasteiger partial charge in [0, 0.05) is 28.9 Å². The minimum atomic E-state index is -0.273. The highest BCUT2D eigenvalue weighted by Crippen LogP contribution is 2.30. The minimum Gasteiger partial charge on any atom is -0.306 e. The number of rotatable bonds is 3. The summed E-state index contributed by atoms with van der Waals surface area (Å²) in [6.45, 7) is 6.15. The summed E-state index contributed by atoms with van der Waals surface area (Å²) in [4.78, 5) is 16.5. The van der Waals surface area contributed by atoms with Gasteiger partial charge in [0.25, 0.3) is 5.91 Å². The third-order valence-corrected chi connectivity index (χ3v) is 4.32. The summed E-state index contributed by atoms with van der Waals surface area (Å²) < 4.78 is 1.62. The third kappa shape index (κ3) is 3.89. The van der Waals surface area contributed by atoms with Gasteiger partial charge in [-0.05, 0) is 30.3 Å². The van der Waals surface area contributed by atoms with Gasteiger partial charge in [0.05, 0.1) is 22.0 Å². The highest BCUT2D eigenvalue weighted by molar-refractivity contribution is 6.35. The molecule has 0 aliphatic carbocycles. The Balaban J connectivity index is 2.06. The molecule has 7 heteroatoms. The standard InChI is InChI=1S/C19H18Cl2N4O/c1-19(2,3)16-10-17(23-18(26)12-5-4-8-22-11-12)25(24-16)15-7-6-13(20)9-14(15)21/h4-11H,1-3H3,(H,23,26). The number of pyridine rings is 1. The molecule has 2 heterocycles. The molecule has 0 spiro atoms. The summed E-state index contributed by atoms with van der Waals surface area (Å²) in [5.74, 6) is 0.248. The maximum Gasteiger partial charge on any atom is 0.258 e. The van der Waals surface area contributed by atoms with Crippen LogP contribution in [0.25, 0.3) is 5.69 Å². The number of hydrogen-bond donors (Lipinski definition) is 1. The van der Waals surface area contributed by atoms with Crippen LogP contribution in [0.15, 0.2) is 48.8 Å². The summed E-state index contributed by atoms with van der Waals surface area (Å²) in [5.41, 5.74) is 1.72. The zero-order chi connectivity index (χ0) is 18.9. The first-order valence-corrected chi connectivity index (χ1v) is 8.78. The Morgan fingerprint density at radius 3 is 2.54 bits per heavy atom. The Kier molecular flexibility index (Phi) is 5.03. The van der Waals surface area contributed by atoms with E-state index < -0.39 is 0 Å². The van der Waals surface area contributed by atoms with E-state index in [4.69, 9.17) is 23.2 Å². The van der Waals surface area contributed by atoms with Crippen molar-refractivity contribution in [2.45, 2.75) is 26.2 Å². The van der Waals surface area contributed by atoms with Gasteiger partial charge in [-0.25, -0.2) is 4.68 Å². The summed E-state index contributed by atoms with van der Waals surface area (Å²) in [5, 5.41) is 8.51. The number of carbonyl (C=O) groups is 1. The Hall–Kier alpha value is -2.37. The molecule has 5 nitrogen and oxygen atoms in total. The largest absolute Gasteiger partial charge is 0.306 e. The second kappa shape index (κ2) is 7.09. The van der Waals surface area contributed by atoms with Crippen molar-refractivity contribution in [3.63, 3.8) is 0 Å². The Bertz CT molecular complexity index is 946. The first-order valence-electron chi connectivity index (χ1n) is 8.03. The van der Waals surface area contributed by atoms with Crippen molar-refractivity contribution in [3.05, 3.63) is 70.1 Å². The minimum absolute atomic E-state index is 0.196. The summed E-state index contributed by atoms with van der Waals surface area (Å²) >= 11 is 12.3. The average molecular weight is 389 g/mol. The van der Waals surface area contributed by atoms with Gasteiger partial charge in [0.2, 0.25) is 0 Å². The molecule has 0 aliphatic rings. The van der Waals surface area contributed by atoms with Crippen LogP contribution in [0.5, 0.6) is 0 Å². The van der Waals surface area contributed by atoms with E-state index in [-0.39, 0.29) is 11.3 Å². The molecule has 0 saturated heterocycles. The number of nitrogens with one attached hydrogen (secondary N) is 1. The number of aromatic nitrogens is 3. The van der Waals surface area contributed by atoms with Crippen molar-refractivity contribution in [1.82, 2.24) is 14.8 Å². The van der Waals surface area contributed by atoms with Crippen LogP contribution in [0.2, 0.25) is 10.0 Å². The van der Waals surface area contributed by atoms with E-state index in [1.165, 1.54) is 6.20 Å². The molecule has 134 valence electrons. The van der Waals surface area contributed by atoms with Crippen LogP contribution >= 0.6 is 23.2 Å². The Morgan fingerprint density at radius 1 is 1.15 bits per heavy atom. The van der Waals surface area contributed by atoms with Crippen molar-refractivity contribution < 1.29 is 4.79 Å². The molecule has 0 bridgehead atoms. The van der Waals surface area contributed by atoms with Crippen molar-refractivity contribution in [2.75, 3.05) is 5.32 Å². The first-order chi connectivity index (χ1) is 12.3. The van der Waals surface area contributed by atoms with E-state index >= 15 is 0 Å². The van der Waals surface area contributed by atoms with Gasteiger partial charge in [-0.1, -0.05) is 44.0 Å². The monoisotopic (exact) mass is 388 g/mol. The SMILES string of the molecule is CC(C)(C)c1cc(NC(=O)c2cccnc2)n(-c2ccc(Cl)cc2Cl)n1. The van der Waals surface area contributed by atoms with Gasteiger partial charge in [0.1, 0.15) is 5.82 Å². The molecule has 0 aliphatic heterocycles. The molecule has 0 fully saturated rings. The number of carbonyl (C=O) groups excluding carboxylic acids is 1. The molecule has 2 aromatic heterocycles. The normalized spacial score (nSPS) is 11.4. The Morgan fingerprint density at radius 2 is 1.92 bits per heavy atom. The zero-order valence-electron chi connectivity index (χ0n) is 14.6. The molecule has 26 heavy (non-hydrogen) atoms. The van der Waals surface area contributed by atoms with Crippen LogP contribution < -0.4 is 5.32 Å². The van der Waals surface area contributed by atoms with Gasteiger partial charge in [-0.2, -0.15) is 5.10 Å². The summed E-state index contributed by atoms with van der Waals surface area (Å²) in [7, 11) is 0. The van der Waals surface area contributed by atoms with Crippen LogP contribution in [-0.2, 0) is 5.41 Å².